The molecule has 0 amide bonds. The first-order valence-corrected chi connectivity index (χ1v) is 3.82. The summed E-state index contributed by atoms with van der Waals surface area (Å²) < 4.78 is 4.86. The fraction of sp³-hybridized carbons (Fsp3) is 0.250. The van der Waals surface area contributed by atoms with Crippen LogP contribution in [0.25, 0.3) is 0 Å². The second-order valence-electron chi connectivity index (χ2n) is 2.57. The molecule has 2 N–H and O–H groups in total. The van der Waals surface area contributed by atoms with E-state index >= 15 is 0 Å². The van der Waals surface area contributed by atoms with Crippen molar-refractivity contribution in [1.29, 1.82) is 0 Å². The number of hydrogen-bond donors (Lipinski definition) is 1. The molecule has 6 heteroatoms. The lowest BCUT2D eigenvalue weighted by molar-refractivity contribution is -0.385. The first kappa shape index (κ1) is 10.4. The van der Waals surface area contributed by atoms with Crippen LogP contribution in [-0.4, -0.2) is 12.0 Å². The summed E-state index contributed by atoms with van der Waals surface area (Å²) in [7, 11) is 1.37. The van der Waals surface area contributed by atoms with E-state index in [-0.39, 0.29) is 18.0 Å². The van der Waals surface area contributed by atoms with E-state index in [0.717, 1.165) is 5.56 Å². The lowest BCUT2D eigenvalue weighted by Gasteiger charge is -2.03. The highest BCUT2D eigenvalue weighted by atomic mass is 16.6. The summed E-state index contributed by atoms with van der Waals surface area (Å²) in [5.74, 6) is 5.07. The Morgan fingerprint density at radius 1 is 1.57 bits per heavy atom. The van der Waals surface area contributed by atoms with Gasteiger partial charge < -0.3 is 4.74 Å². The molecule has 0 heterocycles. The normalized spacial score (nSPS) is 9.86. The Labute approximate surface area is 80.3 Å². The number of hydrogen-bond acceptors (Lipinski definition) is 5. The van der Waals surface area contributed by atoms with Crippen LogP contribution in [0.4, 0.5) is 5.69 Å². The first-order valence-electron chi connectivity index (χ1n) is 3.82. The molecule has 0 saturated carbocycles. The molecule has 76 valence electrons. The minimum Gasteiger partial charge on any atom is -0.490 e. The molecule has 0 unspecified atom stereocenters. The molecule has 1 aromatic carbocycles. The topological polar surface area (TPSA) is 87.6 Å². The van der Waals surface area contributed by atoms with Gasteiger partial charge in [0.25, 0.3) is 0 Å². The average Bonchev–Trinajstić information content (AvgIpc) is 2.17. The Bertz CT molecular complexity index is 340. The highest BCUT2D eigenvalue weighted by Gasteiger charge is 2.14. The smallest absolute Gasteiger partial charge is 0.310 e. The van der Waals surface area contributed by atoms with Crippen LogP contribution in [-0.2, 0) is 11.4 Å². The highest BCUT2D eigenvalue weighted by molar-refractivity contribution is 5.48. The van der Waals surface area contributed by atoms with Gasteiger partial charge in [0.05, 0.1) is 18.6 Å². The molecule has 0 fully saturated rings. The zero-order valence-electron chi connectivity index (χ0n) is 7.60. The van der Waals surface area contributed by atoms with Crippen molar-refractivity contribution in [2.75, 3.05) is 7.11 Å². The SMILES string of the molecule is COc1cc(CON)ccc1[N+](=O)[O-]. The minimum absolute atomic E-state index is 0.0757. The van der Waals surface area contributed by atoms with Crippen molar-refractivity contribution < 1.29 is 14.5 Å². The number of nitro benzene ring substituents is 1. The van der Waals surface area contributed by atoms with Crippen LogP contribution in [0.5, 0.6) is 5.75 Å². The van der Waals surface area contributed by atoms with Gasteiger partial charge in [-0.25, -0.2) is 5.90 Å². The Kier molecular flexibility index (Phi) is 3.38. The molecule has 0 radical (unpaired) electrons. The number of benzene rings is 1. The molecule has 1 aromatic rings. The summed E-state index contributed by atoms with van der Waals surface area (Å²) in [5.41, 5.74) is 0.642. The lowest BCUT2D eigenvalue weighted by Crippen LogP contribution is -2.00. The Morgan fingerprint density at radius 3 is 2.79 bits per heavy atom. The fourth-order valence-corrected chi connectivity index (χ4v) is 1.06. The monoisotopic (exact) mass is 198 g/mol. The van der Waals surface area contributed by atoms with Gasteiger partial charge in [0.15, 0.2) is 5.75 Å². The third kappa shape index (κ3) is 2.18. The molecule has 0 spiro atoms. The van der Waals surface area contributed by atoms with E-state index in [4.69, 9.17) is 10.6 Å². The predicted molar refractivity (Wildman–Crippen MR) is 48.6 cm³/mol. The predicted octanol–water partition coefficient (Wildman–Crippen LogP) is 0.994. The molecule has 6 nitrogen and oxygen atoms in total. The van der Waals surface area contributed by atoms with Crippen LogP contribution in [0.3, 0.4) is 0 Å². The number of rotatable bonds is 4. The van der Waals surface area contributed by atoms with Crippen LogP contribution >= 0.6 is 0 Å². The van der Waals surface area contributed by atoms with Gasteiger partial charge in [-0.3, -0.25) is 15.0 Å². The van der Waals surface area contributed by atoms with Crippen LogP contribution in [0.2, 0.25) is 0 Å². The standard InChI is InChI=1S/C8H10N2O4/c1-13-8-4-6(5-14-9)2-3-7(8)10(11)12/h2-4H,5,9H2,1H3. The van der Waals surface area contributed by atoms with Crippen molar-refractivity contribution in [3.8, 4) is 5.75 Å². The van der Waals surface area contributed by atoms with Gasteiger partial charge in [0.1, 0.15) is 0 Å². The summed E-state index contributed by atoms with van der Waals surface area (Å²) >= 11 is 0. The van der Waals surface area contributed by atoms with Crippen LogP contribution in [0.15, 0.2) is 18.2 Å². The molecular weight excluding hydrogens is 188 g/mol. The average molecular weight is 198 g/mol. The van der Waals surface area contributed by atoms with Gasteiger partial charge in [0, 0.05) is 6.07 Å². The molecule has 14 heavy (non-hydrogen) atoms. The first-order chi connectivity index (χ1) is 6.69. The van der Waals surface area contributed by atoms with Crippen LogP contribution < -0.4 is 10.6 Å². The van der Waals surface area contributed by atoms with Gasteiger partial charge in [-0.1, -0.05) is 0 Å². The highest BCUT2D eigenvalue weighted by Crippen LogP contribution is 2.27. The molecule has 0 atom stereocenters. The summed E-state index contributed by atoms with van der Waals surface area (Å²) in [6.45, 7) is 0.189. The van der Waals surface area contributed by atoms with E-state index < -0.39 is 4.92 Å². The molecule has 0 saturated heterocycles. The Morgan fingerprint density at radius 2 is 2.29 bits per heavy atom. The minimum atomic E-state index is -0.508. The van der Waals surface area contributed by atoms with Crippen molar-refractivity contribution in [2.24, 2.45) is 5.90 Å². The van der Waals surface area contributed by atoms with Gasteiger partial charge in [-0.15, -0.1) is 0 Å². The van der Waals surface area contributed by atoms with Gasteiger partial charge >= 0.3 is 5.69 Å². The molecule has 1 rings (SSSR count). The van der Waals surface area contributed by atoms with E-state index in [9.17, 15) is 10.1 Å². The third-order valence-electron chi connectivity index (χ3n) is 1.69. The maximum Gasteiger partial charge on any atom is 0.310 e. The number of ether oxygens (including phenoxy) is 1. The molecule has 0 aliphatic heterocycles. The number of methoxy groups -OCH3 is 1. The quantitative estimate of drug-likeness (QED) is 0.575. The number of nitro groups is 1. The maximum absolute atomic E-state index is 10.5. The Hall–Kier alpha value is -1.66. The van der Waals surface area contributed by atoms with Gasteiger partial charge in [-0.2, -0.15) is 0 Å². The van der Waals surface area contributed by atoms with Gasteiger partial charge in [-0.05, 0) is 17.7 Å². The second-order valence-corrected chi connectivity index (χ2v) is 2.57. The largest absolute Gasteiger partial charge is 0.490 e. The Balaban J connectivity index is 3.05. The van der Waals surface area contributed by atoms with Crippen LogP contribution in [0, 0.1) is 10.1 Å². The van der Waals surface area contributed by atoms with E-state index in [2.05, 4.69) is 4.84 Å². The maximum atomic E-state index is 10.5. The van der Waals surface area contributed by atoms with E-state index in [1.165, 1.54) is 19.2 Å². The number of nitrogens with zero attached hydrogens (tertiary/aromatic N) is 1. The van der Waals surface area contributed by atoms with Crippen molar-refractivity contribution >= 4 is 5.69 Å². The van der Waals surface area contributed by atoms with Crippen LogP contribution in [0.1, 0.15) is 5.56 Å². The summed E-state index contributed by atoms with van der Waals surface area (Å²) in [4.78, 5) is 14.4. The molecule has 0 aromatic heterocycles. The molecule has 0 bridgehead atoms. The van der Waals surface area contributed by atoms with Crippen molar-refractivity contribution in [1.82, 2.24) is 0 Å². The molecule has 0 aliphatic carbocycles. The van der Waals surface area contributed by atoms with E-state index in [0.29, 0.717) is 0 Å². The second kappa shape index (κ2) is 4.54. The van der Waals surface area contributed by atoms with Crippen molar-refractivity contribution in [2.45, 2.75) is 6.61 Å². The summed E-state index contributed by atoms with van der Waals surface area (Å²) in [5, 5.41) is 10.5. The molecule has 0 aliphatic rings. The number of nitrogens with two attached hydrogens (primary N) is 1. The summed E-state index contributed by atoms with van der Waals surface area (Å²) in [6.07, 6.45) is 0. The fourth-order valence-electron chi connectivity index (χ4n) is 1.06. The third-order valence-corrected chi connectivity index (χ3v) is 1.69. The zero-order valence-corrected chi connectivity index (χ0v) is 7.60. The summed E-state index contributed by atoms with van der Waals surface area (Å²) in [6, 6.07) is 4.44. The van der Waals surface area contributed by atoms with Gasteiger partial charge in [0.2, 0.25) is 0 Å². The van der Waals surface area contributed by atoms with E-state index in [1.54, 1.807) is 6.07 Å². The lowest BCUT2D eigenvalue weighted by atomic mass is 10.2. The zero-order chi connectivity index (χ0) is 10.6. The van der Waals surface area contributed by atoms with E-state index in [1.807, 2.05) is 0 Å². The molecular formula is C8H10N2O4. The van der Waals surface area contributed by atoms with Crippen molar-refractivity contribution in [3.05, 3.63) is 33.9 Å². The van der Waals surface area contributed by atoms with Crippen molar-refractivity contribution in [3.63, 3.8) is 0 Å².